The largest absolute Gasteiger partial charge is 0.334 e. The molecule has 7 heteroatoms. The maximum Gasteiger partial charge on any atom is 0.255 e. The number of aromatic nitrogens is 5. The summed E-state index contributed by atoms with van der Waals surface area (Å²) in [4.78, 5) is 18.8. The van der Waals surface area contributed by atoms with Crippen LogP contribution < -0.4 is 0 Å². The number of pyridine rings is 1. The highest BCUT2D eigenvalue weighted by atomic mass is 16.2. The lowest BCUT2D eigenvalue weighted by molar-refractivity contribution is 0.0720. The van der Waals surface area contributed by atoms with Crippen LogP contribution in [-0.4, -0.2) is 47.8 Å². The second-order valence-corrected chi connectivity index (χ2v) is 5.56. The zero-order chi connectivity index (χ0) is 14.9. The molecule has 4 rings (SSSR count). The number of hydrogen-bond donors (Lipinski definition) is 0. The van der Waals surface area contributed by atoms with Crippen LogP contribution in [-0.2, 0) is 6.54 Å². The Balaban J connectivity index is 1.57. The first-order valence-corrected chi connectivity index (χ1v) is 7.38. The van der Waals surface area contributed by atoms with E-state index in [0.717, 1.165) is 24.9 Å². The second kappa shape index (κ2) is 5.25. The number of likely N-dealkylation sites (tertiary alicyclic amines) is 1. The van der Waals surface area contributed by atoms with Crippen LogP contribution >= 0.6 is 0 Å². The normalized spacial score (nSPS) is 18.2. The van der Waals surface area contributed by atoms with E-state index in [1.165, 1.54) is 0 Å². The van der Waals surface area contributed by atoms with Crippen LogP contribution in [0.2, 0.25) is 0 Å². The molecule has 0 N–H and O–H groups in total. The number of imidazole rings is 1. The van der Waals surface area contributed by atoms with Crippen molar-refractivity contribution in [2.24, 2.45) is 0 Å². The third kappa shape index (κ3) is 2.24. The first kappa shape index (κ1) is 13.0. The van der Waals surface area contributed by atoms with E-state index in [1.54, 1.807) is 23.4 Å². The summed E-state index contributed by atoms with van der Waals surface area (Å²) in [5.41, 5.74) is 1.67. The van der Waals surface area contributed by atoms with Crippen molar-refractivity contribution >= 4 is 11.4 Å². The zero-order valence-corrected chi connectivity index (χ0v) is 12.0. The minimum Gasteiger partial charge on any atom is -0.334 e. The fourth-order valence-corrected chi connectivity index (χ4v) is 3.05. The molecular weight excluding hydrogens is 280 g/mol. The standard InChI is InChI=1S/C15H16N6O/c22-15(12-3-4-13-8-16-11-19(13)9-12)21-6-1-2-14(21)10-20-7-5-17-18-20/h3-5,7-9,11,14H,1-2,6,10H2/t14-/m0/s1. The first-order chi connectivity index (χ1) is 10.8. The molecule has 0 aromatic carbocycles. The highest BCUT2D eigenvalue weighted by molar-refractivity contribution is 5.94. The van der Waals surface area contributed by atoms with Gasteiger partial charge in [0.15, 0.2) is 0 Å². The molecule has 0 bridgehead atoms. The lowest BCUT2D eigenvalue weighted by atomic mass is 10.2. The van der Waals surface area contributed by atoms with Crippen LogP contribution in [0.4, 0.5) is 0 Å². The van der Waals surface area contributed by atoms with Gasteiger partial charge in [-0.2, -0.15) is 0 Å². The van der Waals surface area contributed by atoms with E-state index in [0.29, 0.717) is 12.1 Å². The van der Waals surface area contributed by atoms with Gasteiger partial charge in [-0.25, -0.2) is 4.98 Å². The molecule has 22 heavy (non-hydrogen) atoms. The lowest BCUT2D eigenvalue weighted by Crippen LogP contribution is -2.38. The van der Waals surface area contributed by atoms with Crippen molar-refractivity contribution in [3.05, 3.63) is 48.8 Å². The fraction of sp³-hybridized carbons (Fsp3) is 0.333. The summed E-state index contributed by atoms with van der Waals surface area (Å²) < 4.78 is 3.66. The van der Waals surface area contributed by atoms with Crippen molar-refractivity contribution in [1.29, 1.82) is 0 Å². The van der Waals surface area contributed by atoms with Crippen molar-refractivity contribution in [2.45, 2.75) is 25.4 Å². The van der Waals surface area contributed by atoms with Crippen LogP contribution in [0.25, 0.3) is 5.52 Å². The Morgan fingerprint density at radius 2 is 2.32 bits per heavy atom. The summed E-state index contributed by atoms with van der Waals surface area (Å²) in [6.45, 7) is 1.49. The average Bonchev–Trinajstić information content (AvgIpc) is 3.27. The topological polar surface area (TPSA) is 68.3 Å². The fourth-order valence-electron chi connectivity index (χ4n) is 3.05. The third-order valence-electron chi connectivity index (χ3n) is 4.16. The van der Waals surface area contributed by atoms with Gasteiger partial charge in [-0.3, -0.25) is 9.48 Å². The number of carbonyl (C=O) groups excluding carboxylic acids is 1. The molecule has 3 aromatic rings. The number of nitrogens with zero attached hydrogens (tertiary/aromatic N) is 6. The SMILES string of the molecule is O=C(c1ccc2cncn2c1)N1CCC[C@H]1Cn1ccnn1. The van der Waals surface area contributed by atoms with E-state index < -0.39 is 0 Å². The van der Waals surface area contributed by atoms with E-state index in [-0.39, 0.29) is 11.9 Å². The van der Waals surface area contributed by atoms with Crippen LogP contribution in [0.5, 0.6) is 0 Å². The molecule has 1 amide bonds. The van der Waals surface area contributed by atoms with Gasteiger partial charge in [0.05, 0.1) is 42.4 Å². The quantitative estimate of drug-likeness (QED) is 0.729. The van der Waals surface area contributed by atoms with Gasteiger partial charge in [-0.15, -0.1) is 5.10 Å². The summed E-state index contributed by atoms with van der Waals surface area (Å²) in [6, 6.07) is 3.96. The third-order valence-corrected chi connectivity index (χ3v) is 4.16. The zero-order valence-electron chi connectivity index (χ0n) is 12.0. The van der Waals surface area contributed by atoms with Gasteiger partial charge in [-0.05, 0) is 25.0 Å². The van der Waals surface area contributed by atoms with Gasteiger partial charge in [0.2, 0.25) is 0 Å². The number of amides is 1. The predicted molar refractivity (Wildman–Crippen MR) is 79.3 cm³/mol. The maximum absolute atomic E-state index is 12.8. The second-order valence-electron chi connectivity index (χ2n) is 5.56. The van der Waals surface area contributed by atoms with E-state index in [2.05, 4.69) is 15.3 Å². The van der Waals surface area contributed by atoms with Crippen LogP contribution in [0, 0.1) is 0 Å². The molecule has 1 aliphatic rings. The van der Waals surface area contributed by atoms with Crippen LogP contribution in [0.1, 0.15) is 23.2 Å². The summed E-state index contributed by atoms with van der Waals surface area (Å²) in [5, 5.41) is 7.82. The molecule has 0 saturated carbocycles. The molecule has 0 unspecified atom stereocenters. The van der Waals surface area contributed by atoms with Crippen molar-refractivity contribution in [3.63, 3.8) is 0 Å². The van der Waals surface area contributed by atoms with Gasteiger partial charge in [0.25, 0.3) is 5.91 Å². The number of rotatable bonds is 3. The Kier molecular flexibility index (Phi) is 3.10. The molecule has 3 aromatic heterocycles. The molecule has 1 saturated heterocycles. The Bertz CT molecular complexity index is 793. The van der Waals surface area contributed by atoms with Gasteiger partial charge in [0.1, 0.15) is 0 Å². The number of hydrogen-bond acceptors (Lipinski definition) is 4. The predicted octanol–water partition coefficient (Wildman–Crippen LogP) is 1.23. The number of carbonyl (C=O) groups is 1. The van der Waals surface area contributed by atoms with Gasteiger partial charge < -0.3 is 9.30 Å². The van der Waals surface area contributed by atoms with Gasteiger partial charge >= 0.3 is 0 Å². The molecule has 4 heterocycles. The molecule has 0 radical (unpaired) electrons. The Morgan fingerprint density at radius 1 is 1.36 bits per heavy atom. The Labute approximate surface area is 127 Å². The van der Waals surface area contributed by atoms with Crippen LogP contribution in [0.15, 0.2) is 43.2 Å². The van der Waals surface area contributed by atoms with Gasteiger partial charge in [-0.1, -0.05) is 5.21 Å². The molecule has 1 aliphatic heterocycles. The van der Waals surface area contributed by atoms with Crippen molar-refractivity contribution in [2.75, 3.05) is 6.54 Å². The lowest BCUT2D eigenvalue weighted by Gasteiger charge is -2.24. The van der Waals surface area contributed by atoms with Crippen LogP contribution in [0.3, 0.4) is 0 Å². The Morgan fingerprint density at radius 3 is 3.18 bits per heavy atom. The summed E-state index contributed by atoms with van der Waals surface area (Å²) in [6.07, 6.45) is 10.8. The molecule has 1 fully saturated rings. The molecule has 0 aliphatic carbocycles. The van der Waals surface area contributed by atoms with E-state index >= 15 is 0 Å². The number of fused-ring (bicyclic) bond motifs is 1. The minimum atomic E-state index is 0.0678. The van der Waals surface area contributed by atoms with E-state index in [4.69, 9.17) is 0 Å². The maximum atomic E-state index is 12.8. The molecule has 7 nitrogen and oxygen atoms in total. The summed E-state index contributed by atoms with van der Waals surface area (Å²) >= 11 is 0. The monoisotopic (exact) mass is 296 g/mol. The highest BCUT2D eigenvalue weighted by Gasteiger charge is 2.30. The molecular formula is C15H16N6O. The average molecular weight is 296 g/mol. The summed E-state index contributed by atoms with van der Waals surface area (Å²) in [5.74, 6) is 0.0678. The molecule has 1 atom stereocenters. The van der Waals surface area contributed by atoms with Crippen molar-refractivity contribution in [3.8, 4) is 0 Å². The van der Waals surface area contributed by atoms with E-state index in [9.17, 15) is 4.79 Å². The van der Waals surface area contributed by atoms with Crippen molar-refractivity contribution < 1.29 is 4.79 Å². The van der Waals surface area contributed by atoms with Crippen molar-refractivity contribution in [1.82, 2.24) is 29.3 Å². The highest BCUT2D eigenvalue weighted by Crippen LogP contribution is 2.21. The Hall–Kier alpha value is -2.70. The molecule has 0 spiro atoms. The molecule has 112 valence electrons. The smallest absolute Gasteiger partial charge is 0.255 e. The summed E-state index contributed by atoms with van der Waals surface area (Å²) in [7, 11) is 0. The first-order valence-electron chi connectivity index (χ1n) is 7.38. The van der Waals surface area contributed by atoms with E-state index in [1.807, 2.05) is 33.8 Å². The minimum absolute atomic E-state index is 0.0678. The van der Waals surface area contributed by atoms with Gasteiger partial charge in [0, 0.05) is 18.9 Å².